The molecule has 0 amide bonds. The normalized spacial score (nSPS) is 17.0. The van der Waals surface area contributed by atoms with Crippen LogP contribution in [0.15, 0.2) is 66.4 Å². The van der Waals surface area contributed by atoms with Crippen molar-refractivity contribution < 1.29 is 4.74 Å². The fourth-order valence-electron chi connectivity index (χ4n) is 2.61. The second-order valence-electron chi connectivity index (χ2n) is 5.33. The molecule has 0 bridgehead atoms. The molecule has 1 aliphatic heterocycles. The van der Waals surface area contributed by atoms with E-state index in [9.17, 15) is 0 Å². The monoisotopic (exact) mass is 279 g/mol. The highest BCUT2D eigenvalue weighted by Crippen LogP contribution is 2.25. The van der Waals surface area contributed by atoms with Crippen LogP contribution in [0.4, 0.5) is 0 Å². The molecule has 1 N–H and O–H groups in total. The van der Waals surface area contributed by atoms with Gasteiger partial charge >= 0.3 is 0 Å². The van der Waals surface area contributed by atoms with Gasteiger partial charge in [-0.2, -0.15) is 0 Å². The van der Waals surface area contributed by atoms with Crippen LogP contribution in [-0.4, -0.2) is 6.54 Å². The molecule has 0 spiro atoms. The fourth-order valence-corrected chi connectivity index (χ4v) is 2.61. The lowest BCUT2D eigenvalue weighted by molar-refractivity contribution is 0.258. The van der Waals surface area contributed by atoms with Crippen LogP contribution >= 0.6 is 0 Å². The van der Waals surface area contributed by atoms with E-state index in [2.05, 4.69) is 41.7 Å². The number of benzene rings is 2. The third kappa shape index (κ3) is 3.66. The van der Waals surface area contributed by atoms with Gasteiger partial charge in [0.2, 0.25) is 0 Å². The number of rotatable bonds is 4. The summed E-state index contributed by atoms with van der Waals surface area (Å²) in [5.74, 6) is 0.999. The summed E-state index contributed by atoms with van der Waals surface area (Å²) in [6.07, 6.45) is 3.54. The smallest absolute Gasteiger partial charge is 0.145 e. The van der Waals surface area contributed by atoms with Crippen LogP contribution in [0.3, 0.4) is 0 Å². The summed E-state index contributed by atoms with van der Waals surface area (Å²) in [6.45, 7) is 1.65. The minimum Gasteiger partial charge on any atom is -0.486 e. The lowest BCUT2D eigenvalue weighted by Crippen LogP contribution is -2.22. The van der Waals surface area contributed by atoms with E-state index >= 15 is 0 Å². The lowest BCUT2D eigenvalue weighted by Gasteiger charge is -2.22. The zero-order valence-electron chi connectivity index (χ0n) is 12.2. The van der Waals surface area contributed by atoms with Gasteiger partial charge in [0.1, 0.15) is 12.4 Å². The van der Waals surface area contributed by atoms with E-state index in [1.165, 1.54) is 24.1 Å². The molecule has 0 atom stereocenters. The van der Waals surface area contributed by atoms with Gasteiger partial charge in [-0.1, -0.05) is 60.7 Å². The number of hydrogen-bond donors (Lipinski definition) is 1. The van der Waals surface area contributed by atoms with E-state index in [0.29, 0.717) is 6.61 Å². The Hall–Kier alpha value is -2.22. The van der Waals surface area contributed by atoms with Gasteiger partial charge in [0.25, 0.3) is 0 Å². The van der Waals surface area contributed by atoms with E-state index in [1.807, 2.05) is 24.3 Å². The van der Waals surface area contributed by atoms with E-state index in [4.69, 9.17) is 4.74 Å². The highest BCUT2D eigenvalue weighted by atomic mass is 16.5. The van der Waals surface area contributed by atoms with Crippen LogP contribution < -0.4 is 5.32 Å². The summed E-state index contributed by atoms with van der Waals surface area (Å²) in [5, 5.41) is 3.51. The molecule has 21 heavy (non-hydrogen) atoms. The van der Waals surface area contributed by atoms with Crippen molar-refractivity contribution in [3.8, 4) is 0 Å². The van der Waals surface area contributed by atoms with Crippen molar-refractivity contribution in [1.29, 1.82) is 0 Å². The van der Waals surface area contributed by atoms with Crippen LogP contribution in [0.5, 0.6) is 0 Å². The molecule has 0 aliphatic carbocycles. The lowest BCUT2D eigenvalue weighted by atomic mass is 10.0. The Kier molecular flexibility index (Phi) is 4.57. The average molecular weight is 279 g/mol. The summed E-state index contributed by atoms with van der Waals surface area (Å²) >= 11 is 0. The zero-order chi connectivity index (χ0) is 14.3. The van der Waals surface area contributed by atoms with Gasteiger partial charge in [0.15, 0.2) is 0 Å². The van der Waals surface area contributed by atoms with Crippen molar-refractivity contribution in [2.24, 2.45) is 0 Å². The molecule has 1 heterocycles. The second kappa shape index (κ2) is 6.98. The van der Waals surface area contributed by atoms with Crippen LogP contribution in [0, 0.1) is 0 Å². The molecule has 0 aromatic heterocycles. The molecule has 1 saturated heterocycles. The Morgan fingerprint density at radius 2 is 1.62 bits per heavy atom. The van der Waals surface area contributed by atoms with Gasteiger partial charge in [0.05, 0.1) is 5.70 Å². The Bertz CT molecular complexity index is 581. The number of nitrogens with one attached hydrogen (secondary N) is 1. The number of ether oxygens (including phenoxy) is 1. The molecule has 2 heteroatoms. The predicted octanol–water partition coefficient (Wildman–Crippen LogP) is 4.35. The summed E-state index contributed by atoms with van der Waals surface area (Å²) < 4.78 is 6.17. The Labute approximate surface area is 126 Å². The van der Waals surface area contributed by atoms with Crippen molar-refractivity contribution in [2.75, 3.05) is 6.54 Å². The first-order chi connectivity index (χ1) is 10.4. The molecule has 0 unspecified atom stereocenters. The van der Waals surface area contributed by atoms with Crippen LogP contribution in [0.25, 0.3) is 5.76 Å². The molecule has 2 nitrogen and oxygen atoms in total. The first-order valence-corrected chi connectivity index (χ1v) is 7.62. The quantitative estimate of drug-likeness (QED) is 0.840. The van der Waals surface area contributed by atoms with Crippen molar-refractivity contribution >= 4 is 5.76 Å². The third-order valence-corrected chi connectivity index (χ3v) is 3.73. The molecule has 2 aromatic rings. The van der Waals surface area contributed by atoms with Crippen molar-refractivity contribution in [2.45, 2.75) is 25.9 Å². The topological polar surface area (TPSA) is 21.3 Å². The Morgan fingerprint density at radius 1 is 0.905 bits per heavy atom. The SMILES string of the molecule is c1ccc(CO/C(=C2/CCCCN2)c2ccccc2)cc1. The molecule has 108 valence electrons. The van der Waals surface area contributed by atoms with Gasteiger partial charge in [-0.3, -0.25) is 0 Å². The highest BCUT2D eigenvalue weighted by molar-refractivity contribution is 5.62. The predicted molar refractivity (Wildman–Crippen MR) is 86.4 cm³/mol. The number of allylic oxidation sites excluding steroid dienone is 1. The number of piperidine rings is 1. The molecule has 1 fully saturated rings. The Morgan fingerprint density at radius 3 is 2.29 bits per heavy atom. The second-order valence-corrected chi connectivity index (χ2v) is 5.33. The molecule has 2 aromatic carbocycles. The first-order valence-electron chi connectivity index (χ1n) is 7.62. The Balaban J connectivity index is 1.83. The van der Waals surface area contributed by atoms with Gasteiger partial charge in [-0.15, -0.1) is 0 Å². The minimum atomic E-state index is 0.607. The van der Waals surface area contributed by atoms with Gasteiger partial charge in [-0.25, -0.2) is 0 Å². The van der Waals surface area contributed by atoms with Crippen LogP contribution in [-0.2, 0) is 11.3 Å². The maximum absolute atomic E-state index is 6.17. The van der Waals surface area contributed by atoms with Crippen LogP contribution in [0.1, 0.15) is 30.4 Å². The maximum atomic E-state index is 6.17. The molecular formula is C19H21NO. The van der Waals surface area contributed by atoms with Crippen molar-refractivity contribution in [3.05, 3.63) is 77.5 Å². The summed E-state index contributed by atoms with van der Waals surface area (Å²) in [4.78, 5) is 0. The minimum absolute atomic E-state index is 0.607. The molecule has 3 rings (SSSR count). The maximum Gasteiger partial charge on any atom is 0.145 e. The summed E-state index contributed by atoms with van der Waals surface area (Å²) in [5.41, 5.74) is 3.59. The first kappa shape index (κ1) is 13.7. The van der Waals surface area contributed by atoms with E-state index < -0.39 is 0 Å². The molecular weight excluding hydrogens is 258 g/mol. The van der Waals surface area contributed by atoms with E-state index in [1.54, 1.807) is 0 Å². The van der Waals surface area contributed by atoms with Gasteiger partial charge in [0, 0.05) is 12.1 Å². The fraction of sp³-hybridized carbons (Fsp3) is 0.263. The number of hydrogen-bond acceptors (Lipinski definition) is 2. The standard InChI is InChI=1S/C19H21NO/c1-3-9-16(10-4-1)15-21-19(17-11-5-2-6-12-17)18-13-7-8-14-20-18/h1-6,9-12,20H,7-8,13-15H2/b19-18-. The van der Waals surface area contributed by atoms with Crippen molar-refractivity contribution in [1.82, 2.24) is 5.32 Å². The third-order valence-electron chi connectivity index (χ3n) is 3.73. The highest BCUT2D eigenvalue weighted by Gasteiger charge is 2.14. The van der Waals surface area contributed by atoms with Gasteiger partial charge < -0.3 is 10.1 Å². The largest absolute Gasteiger partial charge is 0.486 e. The van der Waals surface area contributed by atoms with E-state index in [0.717, 1.165) is 24.3 Å². The summed E-state index contributed by atoms with van der Waals surface area (Å²) in [6, 6.07) is 20.7. The zero-order valence-corrected chi connectivity index (χ0v) is 12.2. The van der Waals surface area contributed by atoms with E-state index in [-0.39, 0.29) is 0 Å². The summed E-state index contributed by atoms with van der Waals surface area (Å²) in [7, 11) is 0. The molecule has 0 radical (unpaired) electrons. The van der Waals surface area contributed by atoms with Gasteiger partial charge in [-0.05, 0) is 24.8 Å². The van der Waals surface area contributed by atoms with Crippen molar-refractivity contribution in [3.63, 3.8) is 0 Å². The molecule has 0 saturated carbocycles. The molecule has 1 aliphatic rings. The van der Waals surface area contributed by atoms with Crippen LogP contribution in [0.2, 0.25) is 0 Å². The average Bonchev–Trinajstić information content (AvgIpc) is 2.58.